The molecule has 7 nitrogen and oxygen atoms in total. The van der Waals surface area contributed by atoms with Crippen molar-refractivity contribution in [3.63, 3.8) is 0 Å². The van der Waals surface area contributed by atoms with E-state index in [0.29, 0.717) is 22.6 Å². The van der Waals surface area contributed by atoms with Crippen molar-refractivity contribution in [2.75, 3.05) is 30.8 Å². The van der Waals surface area contributed by atoms with Gasteiger partial charge in [-0.3, -0.25) is 9.69 Å². The van der Waals surface area contributed by atoms with Crippen LogP contribution in [0.4, 0.5) is 16.2 Å². The zero-order valence-electron chi connectivity index (χ0n) is 17.9. The molecule has 31 heavy (non-hydrogen) atoms. The zero-order chi connectivity index (χ0) is 21.8. The van der Waals surface area contributed by atoms with Gasteiger partial charge in [-0.1, -0.05) is 18.6 Å². The topological polar surface area (TPSA) is 79.9 Å². The van der Waals surface area contributed by atoms with Crippen LogP contribution in [-0.2, 0) is 16.1 Å². The summed E-state index contributed by atoms with van der Waals surface area (Å²) < 4.78 is 9.63. The van der Waals surface area contributed by atoms with Crippen LogP contribution >= 0.6 is 0 Å². The molecule has 0 radical (unpaired) electrons. The zero-order valence-corrected chi connectivity index (χ0v) is 17.9. The number of anilines is 2. The Labute approximate surface area is 182 Å². The van der Waals surface area contributed by atoms with Crippen LogP contribution in [0.25, 0.3) is 5.57 Å². The van der Waals surface area contributed by atoms with Crippen LogP contribution in [0.3, 0.4) is 0 Å². The van der Waals surface area contributed by atoms with E-state index < -0.39 is 6.16 Å². The minimum Gasteiger partial charge on any atom is -0.437 e. The Kier molecular flexibility index (Phi) is 6.23. The molecule has 2 aromatic rings. The Morgan fingerprint density at radius 2 is 1.84 bits per heavy atom. The number of likely N-dealkylation sites (tertiary alicyclic amines) is 1. The molecule has 2 heterocycles. The Balaban J connectivity index is 1.50. The maximum Gasteiger partial charge on any atom is 0.513 e. The molecule has 2 aromatic carbocycles. The van der Waals surface area contributed by atoms with Gasteiger partial charge in [0.2, 0.25) is 0 Å². The lowest BCUT2D eigenvalue weighted by Gasteiger charge is -2.26. The van der Waals surface area contributed by atoms with E-state index in [-0.39, 0.29) is 5.91 Å². The number of methoxy groups -OCH3 is 1. The summed E-state index contributed by atoms with van der Waals surface area (Å²) in [5.74, 6) is 0.117. The maximum atomic E-state index is 12.6. The lowest BCUT2D eigenvalue weighted by Crippen LogP contribution is -2.29. The first kappa shape index (κ1) is 20.9. The SMILES string of the molecule is COC(=O)Oc1ccc2c(c1)/C(=C(\C)Nc1ccc(CN3CCCCC3)cc1)C(=O)N2. The first-order chi connectivity index (χ1) is 15.0. The average molecular weight is 421 g/mol. The second-order valence-electron chi connectivity index (χ2n) is 7.88. The third kappa shape index (κ3) is 4.88. The normalized spacial score (nSPS) is 17.5. The number of rotatable bonds is 5. The van der Waals surface area contributed by atoms with Crippen molar-refractivity contribution in [2.24, 2.45) is 0 Å². The smallest absolute Gasteiger partial charge is 0.437 e. The molecule has 2 N–H and O–H groups in total. The number of hydrogen-bond acceptors (Lipinski definition) is 6. The molecule has 0 atom stereocenters. The fourth-order valence-electron chi connectivity index (χ4n) is 4.07. The van der Waals surface area contributed by atoms with Gasteiger partial charge in [-0.15, -0.1) is 0 Å². The number of carbonyl (C=O) groups excluding carboxylic acids is 2. The fourth-order valence-corrected chi connectivity index (χ4v) is 4.07. The highest BCUT2D eigenvalue weighted by Crippen LogP contribution is 2.36. The predicted octanol–water partition coefficient (Wildman–Crippen LogP) is 4.61. The standard InChI is InChI=1S/C24H27N3O4/c1-16(25-18-8-6-17(7-9-18)15-27-12-4-3-5-13-27)22-20-14-19(31-24(29)30-2)10-11-21(20)26-23(22)28/h6-11,14,25H,3-5,12-13,15H2,1-2H3,(H,26,28)/b22-16-. The number of amides is 1. The van der Waals surface area contributed by atoms with E-state index in [0.717, 1.165) is 17.9 Å². The summed E-state index contributed by atoms with van der Waals surface area (Å²) in [5.41, 5.74) is 4.79. The number of fused-ring (bicyclic) bond motifs is 1. The van der Waals surface area contributed by atoms with E-state index >= 15 is 0 Å². The van der Waals surface area contributed by atoms with Crippen LogP contribution in [0.5, 0.6) is 5.75 Å². The molecule has 0 spiro atoms. The van der Waals surface area contributed by atoms with Gasteiger partial charge in [-0.25, -0.2) is 4.79 Å². The summed E-state index contributed by atoms with van der Waals surface area (Å²) in [6.45, 7) is 5.17. The molecule has 0 unspecified atom stereocenters. The number of ether oxygens (including phenoxy) is 2. The van der Waals surface area contributed by atoms with Gasteiger partial charge in [-0.2, -0.15) is 0 Å². The summed E-state index contributed by atoms with van der Waals surface area (Å²) in [6, 6.07) is 13.3. The molecule has 4 rings (SSSR count). The quantitative estimate of drug-likeness (QED) is 0.417. The minimum atomic E-state index is -0.803. The lowest BCUT2D eigenvalue weighted by molar-refractivity contribution is -0.110. The van der Waals surface area contributed by atoms with Crippen LogP contribution in [0, 0.1) is 0 Å². The molecule has 1 fully saturated rings. The van der Waals surface area contributed by atoms with Gasteiger partial charge in [0.25, 0.3) is 5.91 Å². The maximum absolute atomic E-state index is 12.6. The molecule has 0 aromatic heterocycles. The molecule has 7 heteroatoms. The second kappa shape index (κ2) is 9.22. The highest BCUT2D eigenvalue weighted by atomic mass is 16.7. The van der Waals surface area contributed by atoms with Gasteiger partial charge < -0.3 is 20.1 Å². The van der Waals surface area contributed by atoms with Crippen LogP contribution in [0.1, 0.15) is 37.3 Å². The molecule has 0 saturated carbocycles. The number of nitrogens with zero attached hydrogens (tertiary/aromatic N) is 1. The van der Waals surface area contributed by atoms with Crippen molar-refractivity contribution >= 4 is 29.0 Å². The minimum absolute atomic E-state index is 0.197. The Morgan fingerprint density at radius 3 is 2.55 bits per heavy atom. The van der Waals surface area contributed by atoms with E-state index in [9.17, 15) is 9.59 Å². The molecule has 0 bridgehead atoms. The summed E-state index contributed by atoms with van der Waals surface area (Å²) >= 11 is 0. The number of hydrogen-bond donors (Lipinski definition) is 2. The van der Waals surface area contributed by atoms with Crippen molar-refractivity contribution in [3.05, 3.63) is 59.3 Å². The van der Waals surface area contributed by atoms with Crippen LogP contribution < -0.4 is 15.4 Å². The number of nitrogens with one attached hydrogen (secondary N) is 2. The van der Waals surface area contributed by atoms with Gasteiger partial charge in [-0.05, 0) is 68.8 Å². The molecule has 0 aliphatic carbocycles. The number of allylic oxidation sites excluding steroid dienone is 1. The lowest BCUT2D eigenvalue weighted by atomic mass is 10.0. The molecule has 1 amide bonds. The third-order valence-electron chi connectivity index (χ3n) is 5.62. The van der Waals surface area contributed by atoms with Crippen molar-refractivity contribution in [1.29, 1.82) is 0 Å². The fraction of sp³-hybridized carbons (Fsp3) is 0.333. The highest BCUT2D eigenvalue weighted by molar-refractivity contribution is 6.32. The van der Waals surface area contributed by atoms with Crippen molar-refractivity contribution in [2.45, 2.75) is 32.7 Å². The molecule has 2 aliphatic rings. The molecule has 1 saturated heterocycles. The van der Waals surface area contributed by atoms with E-state index in [1.807, 2.05) is 19.1 Å². The largest absolute Gasteiger partial charge is 0.513 e. The van der Waals surface area contributed by atoms with Crippen molar-refractivity contribution in [3.8, 4) is 5.75 Å². The van der Waals surface area contributed by atoms with Crippen molar-refractivity contribution < 1.29 is 19.1 Å². The Hall–Kier alpha value is -3.32. The molecular formula is C24H27N3O4. The van der Waals surface area contributed by atoms with Crippen LogP contribution in [0.15, 0.2) is 48.2 Å². The highest BCUT2D eigenvalue weighted by Gasteiger charge is 2.27. The summed E-state index contributed by atoms with van der Waals surface area (Å²) in [7, 11) is 1.25. The van der Waals surface area contributed by atoms with E-state index in [1.54, 1.807) is 18.2 Å². The summed E-state index contributed by atoms with van der Waals surface area (Å²) in [4.78, 5) is 26.5. The van der Waals surface area contributed by atoms with Gasteiger partial charge in [0, 0.05) is 29.2 Å². The van der Waals surface area contributed by atoms with E-state index in [4.69, 9.17) is 4.74 Å². The van der Waals surface area contributed by atoms with Crippen LogP contribution in [0.2, 0.25) is 0 Å². The summed E-state index contributed by atoms with van der Waals surface area (Å²) in [5, 5.41) is 6.18. The van der Waals surface area contributed by atoms with Gasteiger partial charge >= 0.3 is 6.16 Å². The third-order valence-corrected chi connectivity index (χ3v) is 5.62. The number of piperidine rings is 1. The Morgan fingerprint density at radius 1 is 1.10 bits per heavy atom. The van der Waals surface area contributed by atoms with E-state index in [2.05, 4.69) is 32.4 Å². The predicted molar refractivity (Wildman–Crippen MR) is 120 cm³/mol. The molecule has 2 aliphatic heterocycles. The van der Waals surface area contributed by atoms with Gasteiger partial charge in [0.1, 0.15) is 5.75 Å². The average Bonchev–Trinajstić information content (AvgIpc) is 3.11. The van der Waals surface area contributed by atoms with Crippen LogP contribution in [-0.4, -0.2) is 37.2 Å². The van der Waals surface area contributed by atoms with Gasteiger partial charge in [0.15, 0.2) is 0 Å². The monoisotopic (exact) mass is 421 g/mol. The number of benzene rings is 2. The molecule has 162 valence electrons. The Bertz CT molecular complexity index is 1010. The van der Waals surface area contributed by atoms with Crippen molar-refractivity contribution in [1.82, 2.24) is 4.90 Å². The first-order valence-electron chi connectivity index (χ1n) is 10.5. The first-order valence-corrected chi connectivity index (χ1v) is 10.5. The molecular weight excluding hydrogens is 394 g/mol. The summed E-state index contributed by atoms with van der Waals surface area (Å²) in [6.07, 6.45) is 3.09. The number of carbonyl (C=O) groups is 2. The van der Waals surface area contributed by atoms with Gasteiger partial charge in [0.05, 0.1) is 12.7 Å². The second-order valence-corrected chi connectivity index (χ2v) is 7.88. The van der Waals surface area contributed by atoms with E-state index in [1.165, 1.54) is 45.0 Å².